The van der Waals surface area contributed by atoms with Gasteiger partial charge in [0, 0.05) is 9.35 Å². The van der Waals surface area contributed by atoms with Crippen molar-refractivity contribution in [2.24, 2.45) is 0 Å². The Labute approximate surface area is 140 Å². The zero-order valence-electron chi connectivity index (χ0n) is 10.8. The minimum absolute atomic E-state index is 0.0846. The molecule has 0 amide bonds. The van der Waals surface area contributed by atoms with Gasteiger partial charge in [-0.15, -0.1) is 22.9 Å². The molecule has 0 aliphatic carbocycles. The molecule has 1 aromatic carbocycles. The third kappa shape index (κ3) is 3.63. The molecule has 0 spiro atoms. The van der Waals surface area contributed by atoms with Gasteiger partial charge in [-0.1, -0.05) is 38.1 Å². The molecule has 4 heteroatoms. The second-order valence-corrected chi connectivity index (χ2v) is 8.30. The van der Waals surface area contributed by atoms with E-state index >= 15 is 0 Å². The molecule has 0 fully saturated rings. The highest BCUT2D eigenvalue weighted by Gasteiger charge is 2.15. The fourth-order valence-electron chi connectivity index (χ4n) is 1.88. The number of hydrogen-bond acceptors (Lipinski definition) is 1. The molecule has 0 aliphatic heterocycles. The van der Waals surface area contributed by atoms with Crippen molar-refractivity contribution in [1.82, 2.24) is 0 Å². The van der Waals surface area contributed by atoms with Crippen molar-refractivity contribution in [3.05, 3.63) is 54.6 Å². The number of benzene rings is 1. The first-order valence-electron chi connectivity index (χ1n) is 6.21. The highest BCUT2D eigenvalue weighted by atomic mass is 79.9. The van der Waals surface area contributed by atoms with Crippen molar-refractivity contribution >= 4 is 54.8 Å². The van der Waals surface area contributed by atoms with E-state index < -0.39 is 0 Å². The van der Waals surface area contributed by atoms with Gasteiger partial charge in [-0.3, -0.25) is 0 Å². The molecule has 102 valence electrons. The summed E-state index contributed by atoms with van der Waals surface area (Å²) in [4.78, 5) is 1.15. The monoisotopic (exact) mass is 420 g/mol. The van der Waals surface area contributed by atoms with Gasteiger partial charge in [-0.05, 0) is 61.4 Å². The molecule has 2 rings (SSSR count). The molecule has 19 heavy (non-hydrogen) atoms. The van der Waals surface area contributed by atoms with E-state index in [2.05, 4.69) is 76.0 Å². The molecule has 2 aromatic rings. The average molecular weight is 423 g/mol. The lowest BCUT2D eigenvalue weighted by Gasteiger charge is -2.12. The molecule has 0 nitrogen and oxygen atoms in total. The summed E-state index contributed by atoms with van der Waals surface area (Å²) in [6.07, 6.45) is 1.16. The van der Waals surface area contributed by atoms with Crippen molar-refractivity contribution in [3.63, 3.8) is 0 Å². The van der Waals surface area contributed by atoms with Crippen LogP contribution in [0, 0.1) is 0 Å². The zero-order valence-corrected chi connectivity index (χ0v) is 15.5. The second kappa shape index (κ2) is 6.75. The van der Waals surface area contributed by atoms with Crippen LogP contribution in [0.4, 0.5) is 0 Å². The van der Waals surface area contributed by atoms with Gasteiger partial charge in [0.2, 0.25) is 0 Å². The lowest BCUT2D eigenvalue weighted by Crippen LogP contribution is -1.94. The van der Waals surface area contributed by atoms with E-state index in [-0.39, 0.29) is 5.38 Å². The molecular weight excluding hydrogens is 407 g/mol. The van der Waals surface area contributed by atoms with Gasteiger partial charge in [0.1, 0.15) is 0 Å². The molecule has 0 N–H and O–H groups in total. The van der Waals surface area contributed by atoms with Crippen LogP contribution < -0.4 is 0 Å². The maximum Gasteiger partial charge on any atom is 0.0928 e. The molecule has 0 radical (unpaired) electrons. The van der Waals surface area contributed by atoms with Gasteiger partial charge in [-0.2, -0.15) is 0 Å². The molecule has 2 atom stereocenters. The Kier molecular flexibility index (Phi) is 5.53. The second-order valence-electron chi connectivity index (χ2n) is 4.61. The summed E-state index contributed by atoms with van der Waals surface area (Å²) in [6.45, 7) is 4.46. The minimum atomic E-state index is -0.0846. The summed E-state index contributed by atoms with van der Waals surface area (Å²) in [5.41, 5.74) is 2.53. The summed E-state index contributed by atoms with van der Waals surface area (Å²) in [5, 5.41) is -0.0846. The zero-order chi connectivity index (χ0) is 14.0. The molecular formula is C15H15Br2ClS. The fraction of sp³-hybridized carbons (Fsp3) is 0.333. The van der Waals surface area contributed by atoms with E-state index in [1.807, 2.05) is 0 Å². The summed E-state index contributed by atoms with van der Waals surface area (Å²) in [5.74, 6) is 0.604. The molecule has 2 unspecified atom stereocenters. The van der Waals surface area contributed by atoms with Gasteiger partial charge in [0.15, 0.2) is 0 Å². The quantitative estimate of drug-likeness (QED) is 0.460. The van der Waals surface area contributed by atoms with E-state index in [4.69, 9.17) is 11.6 Å². The van der Waals surface area contributed by atoms with Crippen molar-refractivity contribution in [2.75, 3.05) is 0 Å². The normalized spacial score (nSPS) is 14.4. The van der Waals surface area contributed by atoms with Crippen molar-refractivity contribution in [1.29, 1.82) is 0 Å². The van der Waals surface area contributed by atoms with Crippen LogP contribution in [0.1, 0.15) is 47.6 Å². The molecule has 0 saturated heterocycles. The standard InChI is InChI=1S/C15H15Br2ClS/c1-3-9(2)10-4-6-11(7-5-10)14(18)13-8-12(16)15(17)19-13/h4-9,14H,3H2,1-2H3. The van der Waals surface area contributed by atoms with Crippen LogP contribution in [0.25, 0.3) is 0 Å². The Morgan fingerprint density at radius 2 is 1.74 bits per heavy atom. The van der Waals surface area contributed by atoms with Gasteiger partial charge in [-0.25, -0.2) is 0 Å². The van der Waals surface area contributed by atoms with E-state index in [1.54, 1.807) is 11.3 Å². The van der Waals surface area contributed by atoms with E-state index in [9.17, 15) is 0 Å². The fourth-order valence-corrected chi connectivity index (χ4v) is 4.32. The molecule has 0 aliphatic rings. The van der Waals surface area contributed by atoms with Gasteiger partial charge in [0.25, 0.3) is 0 Å². The minimum Gasteiger partial charge on any atom is -0.130 e. The SMILES string of the molecule is CCC(C)c1ccc(C(Cl)c2cc(Br)c(Br)s2)cc1. The van der Waals surface area contributed by atoms with Crippen molar-refractivity contribution in [3.8, 4) is 0 Å². The maximum atomic E-state index is 6.55. The van der Waals surface area contributed by atoms with Crippen LogP contribution in [0.5, 0.6) is 0 Å². The summed E-state index contributed by atoms with van der Waals surface area (Å²) >= 11 is 15.2. The number of rotatable bonds is 4. The predicted molar refractivity (Wildman–Crippen MR) is 92.6 cm³/mol. The van der Waals surface area contributed by atoms with Crippen LogP contribution in [0.2, 0.25) is 0 Å². The average Bonchev–Trinajstić information content (AvgIpc) is 2.77. The maximum absolute atomic E-state index is 6.55. The largest absolute Gasteiger partial charge is 0.130 e. The first-order valence-corrected chi connectivity index (χ1v) is 9.05. The number of alkyl halides is 1. The molecule has 1 heterocycles. The Balaban J connectivity index is 2.22. The third-order valence-electron chi connectivity index (χ3n) is 3.32. The molecule has 1 aromatic heterocycles. The number of hydrogen-bond donors (Lipinski definition) is 0. The predicted octanol–water partition coefficient (Wildman–Crippen LogP) is 7.11. The topological polar surface area (TPSA) is 0 Å². The van der Waals surface area contributed by atoms with Crippen molar-refractivity contribution in [2.45, 2.75) is 31.6 Å². The van der Waals surface area contributed by atoms with Crippen LogP contribution in [0.3, 0.4) is 0 Å². The Morgan fingerprint density at radius 1 is 1.16 bits per heavy atom. The van der Waals surface area contributed by atoms with Crippen LogP contribution in [0.15, 0.2) is 38.6 Å². The lowest BCUT2D eigenvalue weighted by atomic mass is 9.97. The first kappa shape index (κ1) is 15.6. The molecule has 0 saturated carbocycles. The van der Waals surface area contributed by atoms with E-state index in [0.717, 1.165) is 25.1 Å². The Bertz CT molecular complexity index is 528. The van der Waals surface area contributed by atoms with Gasteiger partial charge < -0.3 is 0 Å². The molecule has 0 bridgehead atoms. The van der Waals surface area contributed by atoms with Gasteiger partial charge in [0.05, 0.1) is 9.16 Å². The van der Waals surface area contributed by atoms with Crippen molar-refractivity contribution < 1.29 is 0 Å². The van der Waals surface area contributed by atoms with Crippen LogP contribution >= 0.6 is 54.8 Å². The summed E-state index contributed by atoms with van der Waals surface area (Å²) < 4.78 is 2.15. The number of thiophene rings is 1. The van der Waals surface area contributed by atoms with Gasteiger partial charge >= 0.3 is 0 Å². The Hall–Kier alpha value is 0.170. The third-order valence-corrected chi connectivity index (χ3v) is 7.26. The smallest absolute Gasteiger partial charge is 0.0928 e. The van der Waals surface area contributed by atoms with E-state index in [0.29, 0.717) is 5.92 Å². The summed E-state index contributed by atoms with van der Waals surface area (Å²) in [6, 6.07) is 10.7. The highest BCUT2D eigenvalue weighted by molar-refractivity contribution is 9.13. The highest BCUT2D eigenvalue weighted by Crippen LogP contribution is 2.40. The van der Waals surface area contributed by atoms with Crippen LogP contribution in [-0.2, 0) is 0 Å². The lowest BCUT2D eigenvalue weighted by molar-refractivity contribution is 0.733. The summed E-state index contributed by atoms with van der Waals surface area (Å²) in [7, 11) is 0. The Morgan fingerprint density at radius 3 is 2.21 bits per heavy atom. The number of halogens is 3. The van der Waals surface area contributed by atoms with Crippen LogP contribution in [-0.4, -0.2) is 0 Å². The van der Waals surface area contributed by atoms with E-state index in [1.165, 1.54) is 5.56 Å². The first-order chi connectivity index (χ1) is 9.02.